The summed E-state index contributed by atoms with van der Waals surface area (Å²) >= 11 is 0. The van der Waals surface area contributed by atoms with E-state index in [9.17, 15) is 0 Å². The number of pyridine rings is 1. The van der Waals surface area contributed by atoms with E-state index in [1.54, 1.807) is 0 Å². The molecule has 6 rings (SSSR count). The second kappa shape index (κ2) is 7.18. The molecule has 4 aromatic carbocycles. The van der Waals surface area contributed by atoms with E-state index in [0.717, 1.165) is 49.5 Å². The van der Waals surface area contributed by atoms with Crippen LogP contribution in [0.2, 0.25) is 0 Å². The Morgan fingerprint density at radius 2 is 1.58 bits per heavy atom. The van der Waals surface area contributed by atoms with Crippen molar-refractivity contribution in [3.05, 3.63) is 89.6 Å². The van der Waals surface area contributed by atoms with Crippen molar-refractivity contribution in [1.82, 2.24) is 0 Å². The number of hydrogen-bond donors (Lipinski definition) is 0. The third-order valence-corrected chi connectivity index (χ3v) is 7.12. The molecule has 2 aromatic heterocycles. The molecule has 0 radical (unpaired) electrons. The number of benzene rings is 4. The zero-order valence-electron chi connectivity index (χ0n) is 20.8. The largest absolute Gasteiger partial charge is 0.454 e. The van der Waals surface area contributed by atoms with Gasteiger partial charge >= 0.3 is 0 Å². The van der Waals surface area contributed by atoms with E-state index in [1.165, 1.54) is 21.9 Å². The highest BCUT2D eigenvalue weighted by atomic mass is 16.3. The Bertz CT molecular complexity index is 1770. The first-order chi connectivity index (χ1) is 16.2. The summed E-state index contributed by atoms with van der Waals surface area (Å²) in [6.45, 7) is 8.25. The standard InChI is InChI=1S/C31H28NO/c1-18(2)22-11-12-24-23(17-22)14-15-32(5)29(24)28-20(4)19(3)16-27-26-13-10-21-8-6-7-9-25(21)30(26)33-31(27)28/h6-18H,1-5H3/q+1/i18D. The highest BCUT2D eigenvalue weighted by Gasteiger charge is 2.25. The van der Waals surface area contributed by atoms with Gasteiger partial charge in [-0.3, -0.25) is 0 Å². The molecule has 6 aromatic rings. The monoisotopic (exact) mass is 431 g/mol. The van der Waals surface area contributed by atoms with Gasteiger partial charge in [0.05, 0.1) is 10.9 Å². The molecule has 0 bridgehead atoms. The zero-order valence-corrected chi connectivity index (χ0v) is 19.8. The molecular weight excluding hydrogens is 402 g/mol. The Kier molecular flexibility index (Phi) is 4.11. The molecule has 2 nitrogen and oxygen atoms in total. The summed E-state index contributed by atoms with van der Waals surface area (Å²) < 4.78 is 17.4. The van der Waals surface area contributed by atoms with Crippen LogP contribution < -0.4 is 4.57 Å². The van der Waals surface area contributed by atoms with Crippen LogP contribution in [0.4, 0.5) is 0 Å². The summed E-state index contributed by atoms with van der Waals surface area (Å²) in [7, 11) is 2.10. The normalized spacial score (nSPS) is 12.8. The molecule has 162 valence electrons. The molecule has 0 unspecified atom stereocenters. The summed E-state index contributed by atoms with van der Waals surface area (Å²) in [6, 6.07) is 23.6. The molecule has 0 aliphatic carbocycles. The highest BCUT2D eigenvalue weighted by molar-refractivity contribution is 6.18. The molecule has 0 saturated carbocycles. The lowest BCUT2D eigenvalue weighted by molar-refractivity contribution is -0.659. The molecule has 0 atom stereocenters. The first-order valence-electron chi connectivity index (χ1n) is 12.0. The maximum absolute atomic E-state index is 8.49. The quantitative estimate of drug-likeness (QED) is 0.253. The van der Waals surface area contributed by atoms with Crippen LogP contribution in [0.1, 0.15) is 37.8 Å². The molecule has 0 spiro atoms. The molecule has 0 fully saturated rings. The van der Waals surface area contributed by atoms with Gasteiger partial charge in [0.2, 0.25) is 5.69 Å². The SMILES string of the molecule is [2H]C(C)(C)c1ccc2c(-c3c(C)c(C)cc4c3oc3c5ccccc5ccc43)[n+](C)ccc2c1. The van der Waals surface area contributed by atoms with Crippen molar-refractivity contribution in [1.29, 1.82) is 0 Å². The van der Waals surface area contributed by atoms with Crippen LogP contribution >= 0.6 is 0 Å². The Labute approximate surface area is 195 Å². The summed E-state index contributed by atoms with van der Waals surface area (Å²) in [5, 5.41) is 6.94. The van der Waals surface area contributed by atoms with Crippen LogP contribution in [0, 0.1) is 13.8 Å². The van der Waals surface area contributed by atoms with Gasteiger partial charge in [0.1, 0.15) is 18.2 Å². The number of aromatic nitrogens is 1. The summed E-state index contributed by atoms with van der Waals surface area (Å²) in [5.74, 6) is -0.640. The van der Waals surface area contributed by atoms with Crippen LogP contribution in [0.5, 0.6) is 0 Å². The summed E-state index contributed by atoms with van der Waals surface area (Å²) in [6.07, 6.45) is 2.12. The fraction of sp³-hybridized carbons (Fsp3) is 0.194. The van der Waals surface area contributed by atoms with Gasteiger partial charge in [-0.25, -0.2) is 4.57 Å². The fourth-order valence-electron chi connectivity index (χ4n) is 5.15. The van der Waals surface area contributed by atoms with E-state index >= 15 is 0 Å². The molecule has 2 heteroatoms. The molecule has 2 heterocycles. The Balaban J connectivity index is 1.76. The molecule has 0 aliphatic heterocycles. The predicted molar refractivity (Wildman–Crippen MR) is 139 cm³/mol. The number of fused-ring (bicyclic) bond motifs is 6. The van der Waals surface area contributed by atoms with E-state index in [0.29, 0.717) is 0 Å². The molecule has 0 saturated heterocycles. The van der Waals surface area contributed by atoms with Crippen LogP contribution in [0.3, 0.4) is 0 Å². The topological polar surface area (TPSA) is 17.0 Å². The van der Waals surface area contributed by atoms with E-state index in [1.807, 2.05) is 13.8 Å². The summed E-state index contributed by atoms with van der Waals surface area (Å²) in [4.78, 5) is 0. The minimum absolute atomic E-state index is 0.640. The maximum atomic E-state index is 8.49. The van der Waals surface area contributed by atoms with Crippen LogP contribution in [-0.4, -0.2) is 0 Å². The van der Waals surface area contributed by atoms with Crippen molar-refractivity contribution in [3.63, 3.8) is 0 Å². The fourth-order valence-corrected chi connectivity index (χ4v) is 5.15. The van der Waals surface area contributed by atoms with E-state index in [4.69, 9.17) is 5.79 Å². The average Bonchev–Trinajstić information content (AvgIpc) is 3.18. The second-order valence-electron chi connectivity index (χ2n) is 9.41. The Hall–Kier alpha value is -3.65. The number of rotatable bonds is 2. The number of furan rings is 1. The van der Waals surface area contributed by atoms with Crippen molar-refractivity contribution >= 4 is 43.5 Å². The lowest BCUT2D eigenvalue weighted by Gasteiger charge is -2.12. The van der Waals surface area contributed by atoms with Gasteiger partial charge in [-0.05, 0) is 65.4 Å². The third kappa shape index (κ3) is 2.90. The van der Waals surface area contributed by atoms with Gasteiger partial charge in [-0.1, -0.05) is 56.3 Å². The lowest BCUT2D eigenvalue weighted by Crippen LogP contribution is -2.31. The minimum Gasteiger partial charge on any atom is -0.454 e. The second-order valence-corrected chi connectivity index (χ2v) is 9.41. The van der Waals surface area contributed by atoms with Crippen molar-refractivity contribution in [2.24, 2.45) is 7.05 Å². The lowest BCUT2D eigenvalue weighted by atomic mass is 9.92. The molecule has 0 N–H and O–H groups in total. The zero-order chi connectivity index (χ0) is 23.8. The number of hydrogen-bond acceptors (Lipinski definition) is 1. The maximum Gasteiger partial charge on any atom is 0.224 e. The van der Waals surface area contributed by atoms with Crippen molar-refractivity contribution < 1.29 is 10.4 Å². The van der Waals surface area contributed by atoms with Gasteiger partial charge in [0.15, 0.2) is 6.20 Å². The van der Waals surface area contributed by atoms with E-state index in [-0.39, 0.29) is 0 Å². The third-order valence-electron chi connectivity index (χ3n) is 7.12. The van der Waals surface area contributed by atoms with Gasteiger partial charge < -0.3 is 4.42 Å². The molecule has 0 amide bonds. The number of aryl methyl sites for hydroxylation is 2. The number of nitrogens with zero attached hydrogens (tertiary/aromatic N) is 1. The van der Waals surface area contributed by atoms with Crippen molar-refractivity contribution in [3.8, 4) is 11.3 Å². The first kappa shape index (κ1) is 18.9. The van der Waals surface area contributed by atoms with Gasteiger partial charge in [0.25, 0.3) is 0 Å². The first-order valence-corrected chi connectivity index (χ1v) is 11.5. The van der Waals surface area contributed by atoms with E-state index < -0.39 is 5.89 Å². The van der Waals surface area contributed by atoms with Crippen LogP contribution in [0.25, 0.3) is 54.7 Å². The van der Waals surface area contributed by atoms with E-state index in [2.05, 4.69) is 98.4 Å². The highest BCUT2D eigenvalue weighted by Crippen LogP contribution is 2.42. The Morgan fingerprint density at radius 3 is 2.39 bits per heavy atom. The predicted octanol–water partition coefficient (Wildman–Crippen LogP) is 8.12. The average molecular weight is 432 g/mol. The van der Waals surface area contributed by atoms with Gasteiger partial charge in [0, 0.05) is 23.6 Å². The Morgan fingerprint density at radius 1 is 0.788 bits per heavy atom. The van der Waals surface area contributed by atoms with Crippen molar-refractivity contribution in [2.75, 3.05) is 0 Å². The molecule has 0 aliphatic rings. The van der Waals surface area contributed by atoms with Gasteiger partial charge in [-0.2, -0.15) is 0 Å². The molecular formula is C31H28NO+. The van der Waals surface area contributed by atoms with Gasteiger partial charge in [-0.15, -0.1) is 0 Å². The summed E-state index contributed by atoms with van der Waals surface area (Å²) in [5.41, 5.74) is 7.65. The van der Waals surface area contributed by atoms with Crippen LogP contribution in [0.15, 0.2) is 77.3 Å². The van der Waals surface area contributed by atoms with Crippen molar-refractivity contribution in [2.45, 2.75) is 33.6 Å². The smallest absolute Gasteiger partial charge is 0.224 e. The molecule has 33 heavy (non-hydrogen) atoms. The minimum atomic E-state index is -0.640. The van der Waals surface area contributed by atoms with Crippen LogP contribution in [-0.2, 0) is 7.05 Å².